The Bertz CT molecular complexity index is 557. The molecule has 0 saturated heterocycles. The maximum atomic E-state index is 4.18. The van der Waals surface area contributed by atoms with Crippen LogP contribution in [0.1, 0.15) is 24.5 Å². The number of aromatic nitrogens is 1. The Morgan fingerprint density at radius 2 is 2.14 bits per heavy atom. The maximum Gasteiger partial charge on any atom is 0.0441 e. The number of anilines is 1. The molecular formula is C17H22BrN3. The molecule has 3 nitrogen and oxygen atoms in total. The summed E-state index contributed by atoms with van der Waals surface area (Å²) in [7, 11) is 2.12. The second-order valence-corrected chi connectivity index (χ2v) is 6.08. The highest BCUT2D eigenvalue weighted by Crippen LogP contribution is 2.25. The molecule has 4 heteroatoms. The Kier molecular flexibility index (Phi) is 6.21. The molecule has 112 valence electrons. The molecule has 1 heterocycles. The molecule has 0 saturated carbocycles. The van der Waals surface area contributed by atoms with Gasteiger partial charge in [0.1, 0.15) is 0 Å². The molecule has 1 aromatic heterocycles. The van der Waals surface area contributed by atoms with Gasteiger partial charge in [-0.1, -0.05) is 35.0 Å². The molecule has 21 heavy (non-hydrogen) atoms. The van der Waals surface area contributed by atoms with E-state index in [-0.39, 0.29) is 0 Å². The third kappa shape index (κ3) is 4.83. The Balaban J connectivity index is 2.14. The molecule has 0 unspecified atom stereocenters. The van der Waals surface area contributed by atoms with Gasteiger partial charge >= 0.3 is 0 Å². The summed E-state index contributed by atoms with van der Waals surface area (Å²) < 4.78 is 1.11. The molecule has 0 aliphatic rings. The highest BCUT2D eigenvalue weighted by Gasteiger charge is 2.09. The molecule has 0 aliphatic heterocycles. The van der Waals surface area contributed by atoms with Crippen LogP contribution in [-0.2, 0) is 13.1 Å². The van der Waals surface area contributed by atoms with Crippen molar-refractivity contribution in [2.75, 3.05) is 18.5 Å². The lowest BCUT2D eigenvalue weighted by atomic mass is 10.1. The van der Waals surface area contributed by atoms with Gasteiger partial charge in [0.15, 0.2) is 0 Å². The predicted octanol–water partition coefficient (Wildman–Crippen LogP) is 3.98. The zero-order valence-corrected chi connectivity index (χ0v) is 14.2. The van der Waals surface area contributed by atoms with Crippen molar-refractivity contribution < 1.29 is 0 Å². The minimum atomic E-state index is 0.852. The lowest BCUT2D eigenvalue weighted by molar-refractivity contribution is 0.673. The van der Waals surface area contributed by atoms with Crippen LogP contribution in [-0.4, -0.2) is 18.6 Å². The third-order valence-electron chi connectivity index (χ3n) is 3.34. The van der Waals surface area contributed by atoms with Gasteiger partial charge in [-0.05, 0) is 42.3 Å². The van der Waals surface area contributed by atoms with E-state index in [0.717, 1.165) is 30.5 Å². The third-order valence-corrected chi connectivity index (χ3v) is 3.84. The second-order valence-electron chi connectivity index (χ2n) is 5.17. The highest BCUT2D eigenvalue weighted by molar-refractivity contribution is 9.10. The Morgan fingerprint density at radius 3 is 2.86 bits per heavy atom. The van der Waals surface area contributed by atoms with E-state index < -0.39 is 0 Å². The van der Waals surface area contributed by atoms with E-state index in [1.165, 1.54) is 16.8 Å². The normalized spacial score (nSPS) is 10.6. The fourth-order valence-corrected chi connectivity index (χ4v) is 2.64. The molecule has 0 aliphatic carbocycles. The van der Waals surface area contributed by atoms with E-state index in [4.69, 9.17) is 0 Å². The van der Waals surface area contributed by atoms with Crippen LogP contribution < -0.4 is 10.2 Å². The molecule has 1 aromatic carbocycles. The average Bonchev–Trinajstić information content (AvgIpc) is 2.50. The van der Waals surface area contributed by atoms with E-state index in [0.29, 0.717) is 0 Å². The minimum absolute atomic E-state index is 0.852. The Labute approximate surface area is 135 Å². The lowest BCUT2D eigenvalue weighted by Gasteiger charge is -2.23. The summed E-state index contributed by atoms with van der Waals surface area (Å²) in [4.78, 5) is 6.45. The van der Waals surface area contributed by atoms with Gasteiger partial charge in [0.2, 0.25) is 0 Å². The van der Waals surface area contributed by atoms with Crippen molar-refractivity contribution in [3.63, 3.8) is 0 Å². The van der Waals surface area contributed by atoms with Crippen molar-refractivity contribution in [1.82, 2.24) is 10.3 Å². The van der Waals surface area contributed by atoms with Crippen molar-refractivity contribution in [1.29, 1.82) is 0 Å². The number of hydrogen-bond acceptors (Lipinski definition) is 3. The largest absolute Gasteiger partial charge is 0.370 e. The van der Waals surface area contributed by atoms with Gasteiger partial charge in [0.25, 0.3) is 0 Å². The van der Waals surface area contributed by atoms with E-state index in [1.807, 2.05) is 18.5 Å². The van der Waals surface area contributed by atoms with Crippen LogP contribution in [0.4, 0.5) is 5.69 Å². The van der Waals surface area contributed by atoms with E-state index in [1.54, 1.807) is 0 Å². The number of nitrogens with one attached hydrogen (secondary N) is 1. The smallest absolute Gasteiger partial charge is 0.0441 e. The van der Waals surface area contributed by atoms with Gasteiger partial charge in [-0.3, -0.25) is 4.98 Å². The standard InChI is InChI=1S/C17H22BrN3/c1-3-8-19-12-15-6-7-16(18)10-17(15)21(2)13-14-5-4-9-20-11-14/h4-7,9-11,19H,3,8,12-13H2,1-2H3. The molecule has 0 radical (unpaired) electrons. The Hall–Kier alpha value is -1.39. The molecular weight excluding hydrogens is 326 g/mol. The second kappa shape index (κ2) is 8.15. The van der Waals surface area contributed by atoms with Gasteiger partial charge in [-0.15, -0.1) is 0 Å². The summed E-state index contributed by atoms with van der Waals surface area (Å²) in [5, 5.41) is 3.48. The maximum absolute atomic E-state index is 4.18. The monoisotopic (exact) mass is 347 g/mol. The summed E-state index contributed by atoms with van der Waals surface area (Å²) in [5.74, 6) is 0. The van der Waals surface area contributed by atoms with Gasteiger partial charge in [-0.2, -0.15) is 0 Å². The number of pyridine rings is 1. The highest BCUT2D eigenvalue weighted by atomic mass is 79.9. The van der Waals surface area contributed by atoms with Crippen molar-refractivity contribution in [2.45, 2.75) is 26.4 Å². The van der Waals surface area contributed by atoms with Crippen LogP contribution in [0.2, 0.25) is 0 Å². The summed E-state index contributed by atoms with van der Waals surface area (Å²) in [6.07, 6.45) is 4.88. The SMILES string of the molecule is CCCNCc1ccc(Br)cc1N(C)Cc1cccnc1. The first-order valence-corrected chi connectivity index (χ1v) is 8.09. The molecule has 0 spiro atoms. The summed E-state index contributed by atoms with van der Waals surface area (Å²) in [6, 6.07) is 10.6. The van der Waals surface area contributed by atoms with Crippen LogP contribution in [0, 0.1) is 0 Å². The van der Waals surface area contributed by atoms with Crippen LogP contribution >= 0.6 is 15.9 Å². The van der Waals surface area contributed by atoms with Crippen LogP contribution in [0.15, 0.2) is 47.2 Å². The van der Waals surface area contributed by atoms with Crippen LogP contribution in [0.25, 0.3) is 0 Å². The first-order chi connectivity index (χ1) is 10.2. The molecule has 0 fully saturated rings. The summed E-state index contributed by atoms with van der Waals surface area (Å²) in [6.45, 7) is 4.98. The fraction of sp³-hybridized carbons (Fsp3) is 0.353. The van der Waals surface area contributed by atoms with Crippen molar-refractivity contribution >= 4 is 21.6 Å². The Morgan fingerprint density at radius 1 is 1.29 bits per heavy atom. The van der Waals surface area contributed by atoms with E-state index in [2.05, 4.69) is 69.4 Å². The molecule has 0 amide bonds. The number of halogens is 1. The molecule has 0 bridgehead atoms. The van der Waals surface area contributed by atoms with Crippen molar-refractivity contribution in [2.24, 2.45) is 0 Å². The zero-order chi connectivity index (χ0) is 15.1. The topological polar surface area (TPSA) is 28.2 Å². The number of benzene rings is 1. The van der Waals surface area contributed by atoms with Gasteiger partial charge in [0, 0.05) is 42.7 Å². The molecule has 2 rings (SSSR count). The summed E-state index contributed by atoms with van der Waals surface area (Å²) in [5.41, 5.74) is 3.78. The van der Waals surface area contributed by atoms with Gasteiger partial charge < -0.3 is 10.2 Å². The van der Waals surface area contributed by atoms with Gasteiger partial charge in [0.05, 0.1) is 0 Å². The van der Waals surface area contributed by atoms with E-state index in [9.17, 15) is 0 Å². The minimum Gasteiger partial charge on any atom is -0.370 e. The van der Waals surface area contributed by atoms with Crippen molar-refractivity contribution in [3.05, 3.63) is 58.3 Å². The van der Waals surface area contributed by atoms with E-state index >= 15 is 0 Å². The van der Waals surface area contributed by atoms with Crippen LogP contribution in [0.5, 0.6) is 0 Å². The zero-order valence-electron chi connectivity index (χ0n) is 12.6. The predicted molar refractivity (Wildman–Crippen MR) is 92.5 cm³/mol. The van der Waals surface area contributed by atoms with Crippen molar-refractivity contribution in [3.8, 4) is 0 Å². The number of hydrogen-bond donors (Lipinski definition) is 1. The molecule has 2 aromatic rings. The first kappa shape index (κ1) is 16.0. The first-order valence-electron chi connectivity index (χ1n) is 7.30. The lowest BCUT2D eigenvalue weighted by Crippen LogP contribution is -2.21. The molecule has 0 atom stereocenters. The molecule has 1 N–H and O–H groups in total. The summed E-state index contributed by atoms with van der Waals surface area (Å²) >= 11 is 3.57. The average molecular weight is 348 g/mol. The number of rotatable bonds is 7. The van der Waals surface area contributed by atoms with Gasteiger partial charge in [-0.25, -0.2) is 0 Å². The fourth-order valence-electron chi connectivity index (χ4n) is 2.29. The van der Waals surface area contributed by atoms with Crippen LogP contribution in [0.3, 0.4) is 0 Å². The number of nitrogens with zero attached hydrogens (tertiary/aromatic N) is 2. The quantitative estimate of drug-likeness (QED) is 0.767.